The molecule has 1 saturated heterocycles. The van der Waals surface area contributed by atoms with Gasteiger partial charge in [0.2, 0.25) is 0 Å². The number of aryl methyl sites for hydroxylation is 1. The van der Waals surface area contributed by atoms with Crippen LogP contribution in [-0.2, 0) is 12.8 Å². The Morgan fingerprint density at radius 2 is 1.84 bits per heavy atom. The molecule has 0 spiro atoms. The number of pyridine rings is 1. The van der Waals surface area contributed by atoms with Crippen LogP contribution in [-0.4, -0.2) is 50.2 Å². The van der Waals surface area contributed by atoms with Crippen molar-refractivity contribution in [1.82, 2.24) is 25.4 Å². The summed E-state index contributed by atoms with van der Waals surface area (Å²) in [6, 6.07) is 24.0. The number of amides is 1. The van der Waals surface area contributed by atoms with Crippen LogP contribution in [0.3, 0.4) is 0 Å². The van der Waals surface area contributed by atoms with E-state index in [2.05, 4.69) is 32.6 Å². The lowest BCUT2D eigenvalue weighted by molar-refractivity contribution is 0.0726. The zero-order valence-electron chi connectivity index (χ0n) is 21.9. The van der Waals surface area contributed by atoms with Gasteiger partial charge in [-0.15, -0.1) is 0 Å². The molecular formula is C31H35N5O2. The van der Waals surface area contributed by atoms with E-state index in [-0.39, 0.29) is 24.0 Å². The van der Waals surface area contributed by atoms with Crippen LogP contribution in [0.2, 0.25) is 0 Å². The standard InChI is InChI=1S/C31H35N5O2/c1-21-17-28(35-34-21)29(19-22-7-4-3-5-8-22)36(2)31(38)24-12-10-23(11-13-24)18-26-14-15-27(33-26)30(37)25-9-6-16-32-20-25/h3-13,16-17,20,26-27,29-30,33,37H,14-15,18-19H2,1-2H3,(H,34,35). The number of hydrogen-bond acceptors (Lipinski definition) is 5. The molecule has 2 aromatic heterocycles. The smallest absolute Gasteiger partial charge is 0.254 e. The number of aromatic amines is 1. The monoisotopic (exact) mass is 509 g/mol. The summed E-state index contributed by atoms with van der Waals surface area (Å²) in [6.07, 6.45) is 6.33. The second kappa shape index (κ2) is 11.7. The van der Waals surface area contributed by atoms with Crippen molar-refractivity contribution in [2.75, 3.05) is 7.05 Å². The summed E-state index contributed by atoms with van der Waals surface area (Å²) in [5.74, 6) is -0.0308. The molecule has 7 nitrogen and oxygen atoms in total. The first-order valence-corrected chi connectivity index (χ1v) is 13.2. The molecule has 7 heteroatoms. The number of nitrogens with one attached hydrogen (secondary N) is 2. The molecule has 3 heterocycles. The maximum atomic E-state index is 13.5. The Hall–Kier alpha value is -3.81. The Kier molecular flexibility index (Phi) is 7.96. The topological polar surface area (TPSA) is 94.1 Å². The van der Waals surface area contributed by atoms with E-state index in [1.54, 1.807) is 17.3 Å². The quantitative estimate of drug-likeness (QED) is 0.307. The number of rotatable bonds is 9. The lowest BCUT2D eigenvalue weighted by Crippen LogP contribution is -2.35. The lowest BCUT2D eigenvalue weighted by Gasteiger charge is -2.27. The van der Waals surface area contributed by atoms with Gasteiger partial charge < -0.3 is 15.3 Å². The maximum absolute atomic E-state index is 13.5. The van der Waals surface area contributed by atoms with Crippen molar-refractivity contribution in [3.8, 4) is 0 Å². The molecule has 4 unspecified atom stereocenters. The predicted octanol–water partition coefficient (Wildman–Crippen LogP) is 4.57. The normalized spacial score (nSPS) is 18.7. The van der Waals surface area contributed by atoms with Crippen molar-refractivity contribution < 1.29 is 9.90 Å². The molecule has 196 valence electrons. The molecule has 1 amide bonds. The summed E-state index contributed by atoms with van der Waals surface area (Å²) in [5, 5.41) is 21.8. The van der Waals surface area contributed by atoms with Crippen LogP contribution in [0.1, 0.15) is 63.4 Å². The van der Waals surface area contributed by atoms with Gasteiger partial charge in [-0.3, -0.25) is 14.9 Å². The van der Waals surface area contributed by atoms with Crippen molar-refractivity contribution in [2.45, 2.75) is 56.8 Å². The summed E-state index contributed by atoms with van der Waals surface area (Å²) in [6.45, 7) is 1.97. The molecule has 5 rings (SSSR count). The second-order valence-electron chi connectivity index (χ2n) is 10.3. The van der Waals surface area contributed by atoms with E-state index in [4.69, 9.17) is 0 Å². The fourth-order valence-electron chi connectivity index (χ4n) is 5.34. The van der Waals surface area contributed by atoms with Gasteiger partial charge in [0.05, 0.1) is 17.8 Å². The Labute approximate surface area is 223 Å². The zero-order chi connectivity index (χ0) is 26.5. The highest BCUT2D eigenvalue weighted by Crippen LogP contribution is 2.27. The summed E-state index contributed by atoms with van der Waals surface area (Å²) >= 11 is 0. The van der Waals surface area contributed by atoms with Crippen molar-refractivity contribution in [2.24, 2.45) is 0 Å². The molecule has 0 aliphatic carbocycles. The third-order valence-electron chi connectivity index (χ3n) is 7.49. The van der Waals surface area contributed by atoms with Gasteiger partial charge in [-0.25, -0.2) is 0 Å². The minimum Gasteiger partial charge on any atom is -0.387 e. The largest absolute Gasteiger partial charge is 0.387 e. The number of nitrogens with zero attached hydrogens (tertiary/aromatic N) is 3. The fraction of sp³-hybridized carbons (Fsp3) is 0.323. The molecule has 0 bridgehead atoms. The van der Waals surface area contributed by atoms with E-state index >= 15 is 0 Å². The fourth-order valence-corrected chi connectivity index (χ4v) is 5.34. The van der Waals surface area contributed by atoms with Gasteiger partial charge in [0.25, 0.3) is 5.91 Å². The molecule has 4 aromatic rings. The second-order valence-corrected chi connectivity index (χ2v) is 10.3. The van der Waals surface area contributed by atoms with Crippen LogP contribution in [0.4, 0.5) is 0 Å². The van der Waals surface area contributed by atoms with Crippen LogP contribution in [0.5, 0.6) is 0 Å². The first kappa shape index (κ1) is 25.8. The van der Waals surface area contributed by atoms with Crippen LogP contribution in [0, 0.1) is 6.92 Å². The minimum absolute atomic E-state index is 0.0194. The van der Waals surface area contributed by atoms with Gasteiger partial charge in [0.15, 0.2) is 0 Å². The average Bonchev–Trinajstić information content (AvgIpc) is 3.61. The number of H-pyrrole nitrogens is 1. The summed E-state index contributed by atoms with van der Waals surface area (Å²) in [5.41, 5.74) is 5.65. The summed E-state index contributed by atoms with van der Waals surface area (Å²) < 4.78 is 0. The minimum atomic E-state index is -0.564. The number of hydrogen-bond donors (Lipinski definition) is 3. The van der Waals surface area contributed by atoms with Gasteiger partial charge in [-0.2, -0.15) is 5.10 Å². The molecule has 38 heavy (non-hydrogen) atoms. The predicted molar refractivity (Wildman–Crippen MR) is 148 cm³/mol. The highest BCUT2D eigenvalue weighted by Gasteiger charge is 2.30. The number of carbonyl (C=O) groups is 1. The van der Waals surface area contributed by atoms with Crippen molar-refractivity contribution in [1.29, 1.82) is 0 Å². The highest BCUT2D eigenvalue weighted by atomic mass is 16.3. The molecule has 4 atom stereocenters. The molecule has 0 radical (unpaired) electrons. The summed E-state index contributed by atoms with van der Waals surface area (Å²) in [7, 11) is 1.85. The van der Waals surface area contributed by atoms with E-state index in [1.807, 2.05) is 74.6 Å². The number of aromatic nitrogens is 3. The number of benzene rings is 2. The third kappa shape index (κ3) is 6.01. The van der Waals surface area contributed by atoms with Gasteiger partial charge in [-0.1, -0.05) is 48.5 Å². The van der Waals surface area contributed by atoms with E-state index < -0.39 is 6.10 Å². The molecule has 0 saturated carbocycles. The zero-order valence-corrected chi connectivity index (χ0v) is 21.9. The Bertz CT molecular complexity index is 1320. The average molecular weight is 510 g/mol. The number of carbonyl (C=O) groups excluding carboxylic acids is 1. The van der Waals surface area contributed by atoms with Crippen molar-refractivity contribution >= 4 is 5.91 Å². The molecule has 3 N–H and O–H groups in total. The molecular weight excluding hydrogens is 474 g/mol. The van der Waals surface area contributed by atoms with Crippen LogP contribution in [0.15, 0.2) is 85.2 Å². The first-order valence-electron chi connectivity index (χ1n) is 13.2. The van der Waals surface area contributed by atoms with E-state index in [9.17, 15) is 9.90 Å². The molecule has 2 aromatic carbocycles. The third-order valence-corrected chi connectivity index (χ3v) is 7.49. The first-order chi connectivity index (χ1) is 18.5. The maximum Gasteiger partial charge on any atom is 0.254 e. The van der Waals surface area contributed by atoms with Gasteiger partial charge >= 0.3 is 0 Å². The van der Waals surface area contributed by atoms with Crippen LogP contribution in [0.25, 0.3) is 0 Å². The SMILES string of the molecule is Cc1cc(C(Cc2ccccc2)N(C)C(=O)c2ccc(CC3CCC(C(O)c4cccnc4)N3)cc2)n[nH]1. The lowest BCUT2D eigenvalue weighted by atomic mass is 10.00. The number of likely N-dealkylation sites (N-methyl/N-ethyl adjacent to an activating group) is 1. The number of aliphatic hydroxyl groups is 1. The van der Waals surface area contributed by atoms with Gasteiger partial charge in [-0.05, 0) is 68.0 Å². The van der Waals surface area contributed by atoms with Crippen molar-refractivity contribution in [3.05, 3.63) is 119 Å². The summed E-state index contributed by atoms with van der Waals surface area (Å²) in [4.78, 5) is 19.4. The van der Waals surface area contributed by atoms with E-state index in [0.717, 1.165) is 41.8 Å². The Morgan fingerprint density at radius 1 is 1.05 bits per heavy atom. The Balaban J connectivity index is 1.23. The van der Waals surface area contributed by atoms with Gasteiger partial charge in [0.1, 0.15) is 0 Å². The highest BCUT2D eigenvalue weighted by molar-refractivity contribution is 5.94. The van der Waals surface area contributed by atoms with E-state index in [0.29, 0.717) is 12.0 Å². The van der Waals surface area contributed by atoms with Crippen LogP contribution >= 0.6 is 0 Å². The van der Waals surface area contributed by atoms with Gasteiger partial charge in [0, 0.05) is 48.3 Å². The molecule has 1 aliphatic rings. The van der Waals surface area contributed by atoms with E-state index in [1.165, 1.54) is 5.56 Å². The molecule has 1 aliphatic heterocycles. The number of aliphatic hydroxyl groups excluding tert-OH is 1. The molecule has 1 fully saturated rings. The van der Waals surface area contributed by atoms with Crippen LogP contribution < -0.4 is 5.32 Å². The Morgan fingerprint density at radius 3 is 2.53 bits per heavy atom. The van der Waals surface area contributed by atoms with Crippen molar-refractivity contribution in [3.63, 3.8) is 0 Å².